The summed E-state index contributed by atoms with van der Waals surface area (Å²) >= 11 is 1.35. The van der Waals surface area contributed by atoms with Gasteiger partial charge in [-0.3, -0.25) is 4.98 Å². The lowest BCUT2D eigenvalue weighted by Crippen LogP contribution is -2.17. The number of rotatable bonds is 6. The minimum absolute atomic E-state index is 0.410. The van der Waals surface area contributed by atoms with E-state index in [1.54, 1.807) is 0 Å². The minimum Gasteiger partial charge on any atom is -0.316 e. The van der Waals surface area contributed by atoms with Crippen molar-refractivity contribution in [3.8, 4) is 10.7 Å². The van der Waals surface area contributed by atoms with Crippen molar-refractivity contribution in [2.45, 2.75) is 25.9 Å². The van der Waals surface area contributed by atoms with Gasteiger partial charge in [0.25, 0.3) is 0 Å². The molecule has 0 aliphatic rings. The Bertz CT molecular complexity index is 566. The predicted octanol–water partition coefficient (Wildman–Crippen LogP) is 3.16. The summed E-state index contributed by atoms with van der Waals surface area (Å²) in [4.78, 5) is 3.81. The van der Waals surface area contributed by atoms with E-state index in [4.69, 9.17) is 0 Å². The van der Waals surface area contributed by atoms with Gasteiger partial charge in [0.1, 0.15) is 10.7 Å². The Hall–Kier alpha value is -1.54. The topological polar surface area (TPSA) is 50.7 Å². The van der Waals surface area contributed by atoms with Crippen LogP contribution in [0.5, 0.6) is 0 Å². The summed E-state index contributed by atoms with van der Waals surface area (Å²) in [6.45, 7) is 3.85. The van der Waals surface area contributed by atoms with E-state index in [1.165, 1.54) is 17.4 Å². The molecule has 0 saturated heterocycles. The van der Waals surface area contributed by atoms with Crippen molar-refractivity contribution in [1.82, 2.24) is 20.5 Å². The maximum Gasteiger partial charge on any atom is 0.417 e. The minimum atomic E-state index is -4.37. The fourth-order valence-corrected chi connectivity index (χ4v) is 2.46. The van der Waals surface area contributed by atoms with Crippen LogP contribution in [-0.4, -0.2) is 28.3 Å². The summed E-state index contributed by atoms with van der Waals surface area (Å²) in [6, 6.07) is 2.33. The molecule has 0 saturated carbocycles. The van der Waals surface area contributed by atoms with Gasteiger partial charge in [0, 0.05) is 19.2 Å². The maximum atomic E-state index is 12.5. The molecule has 0 aliphatic carbocycles. The van der Waals surface area contributed by atoms with Crippen LogP contribution in [0.2, 0.25) is 0 Å². The van der Waals surface area contributed by atoms with Gasteiger partial charge in [0.15, 0.2) is 5.01 Å². The first-order valence-corrected chi connectivity index (χ1v) is 7.39. The Labute approximate surface area is 124 Å². The number of nitrogens with zero attached hydrogens (tertiary/aromatic N) is 3. The molecule has 0 amide bonds. The smallest absolute Gasteiger partial charge is 0.316 e. The second-order valence-corrected chi connectivity index (χ2v) is 5.49. The Balaban J connectivity index is 2.00. The van der Waals surface area contributed by atoms with Gasteiger partial charge >= 0.3 is 6.18 Å². The molecule has 1 N–H and O–H groups in total. The quantitative estimate of drug-likeness (QED) is 0.832. The van der Waals surface area contributed by atoms with Gasteiger partial charge in [-0.25, -0.2) is 0 Å². The van der Waals surface area contributed by atoms with Crippen LogP contribution in [0.3, 0.4) is 0 Å². The van der Waals surface area contributed by atoms with E-state index in [2.05, 4.69) is 27.4 Å². The second kappa shape index (κ2) is 6.95. The van der Waals surface area contributed by atoms with E-state index in [0.29, 0.717) is 10.7 Å². The number of hydrogen-bond acceptors (Lipinski definition) is 5. The third-order valence-electron chi connectivity index (χ3n) is 2.72. The average molecular weight is 316 g/mol. The summed E-state index contributed by atoms with van der Waals surface area (Å²) in [5.41, 5.74) is -0.354. The van der Waals surface area contributed by atoms with E-state index in [9.17, 15) is 13.2 Å². The molecular formula is C13H15F3N4S. The molecule has 0 atom stereocenters. The molecule has 0 radical (unpaired) electrons. The van der Waals surface area contributed by atoms with Crippen LogP contribution in [0, 0.1) is 0 Å². The van der Waals surface area contributed by atoms with Crippen molar-refractivity contribution in [3.63, 3.8) is 0 Å². The maximum absolute atomic E-state index is 12.5. The molecule has 114 valence electrons. The Kier molecular flexibility index (Phi) is 5.24. The summed E-state index contributed by atoms with van der Waals surface area (Å²) in [5, 5.41) is 12.6. The first-order chi connectivity index (χ1) is 10.0. The van der Waals surface area contributed by atoms with E-state index in [1.807, 2.05) is 0 Å². The highest BCUT2D eigenvalue weighted by molar-refractivity contribution is 7.14. The molecule has 2 aromatic heterocycles. The zero-order valence-corrected chi connectivity index (χ0v) is 12.3. The molecular weight excluding hydrogens is 301 g/mol. The molecule has 21 heavy (non-hydrogen) atoms. The van der Waals surface area contributed by atoms with Gasteiger partial charge in [0.2, 0.25) is 0 Å². The largest absolute Gasteiger partial charge is 0.417 e. The van der Waals surface area contributed by atoms with Gasteiger partial charge in [-0.15, -0.1) is 10.2 Å². The zero-order valence-electron chi connectivity index (χ0n) is 11.4. The number of halogens is 3. The highest BCUT2D eigenvalue weighted by Crippen LogP contribution is 2.30. The molecule has 2 heterocycles. The van der Waals surface area contributed by atoms with Crippen LogP contribution >= 0.6 is 11.3 Å². The SMILES string of the molecule is CCCNCCc1nnc(-c2ccc(C(F)(F)F)cn2)s1. The predicted molar refractivity (Wildman–Crippen MR) is 75.0 cm³/mol. The third kappa shape index (κ3) is 4.47. The summed E-state index contributed by atoms with van der Waals surface area (Å²) in [6.07, 6.45) is -1.74. The summed E-state index contributed by atoms with van der Waals surface area (Å²) < 4.78 is 37.4. The van der Waals surface area contributed by atoms with Crippen molar-refractivity contribution < 1.29 is 13.2 Å². The zero-order chi connectivity index (χ0) is 15.3. The first-order valence-electron chi connectivity index (χ1n) is 6.57. The third-order valence-corrected chi connectivity index (χ3v) is 3.72. The molecule has 2 aromatic rings. The van der Waals surface area contributed by atoms with Crippen molar-refractivity contribution >= 4 is 11.3 Å². The van der Waals surface area contributed by atoms with Crippen molar-refractivity contribution in [2.75, 3.05) is 13.1 Å². The molecule has 4 nitrogen and oxygen atoms in total. The van der Waals surface area contributed by atoms with Crippen molar-refractivity contribution in [2.24, 2.45) is 0 Å². The van der Waals surface area contributed by atoms with E-state index < -0.39 is 11.7 Å². The van der Waals surface area contributed by atoms with Crippen molar-refractivity contribution in [1.29, 1.82) is 0 Å². The normalized spacial score (nSPS) is 11.8. The lowest BCUT2D eigenvalue weighted by molar-refractivity contribution is -0.137. The van der Waals surface area contributed by atoms with Crippen LogP contribution < -0.4 is 5.32 Å². The molecule has 0 unspecified atom stereocenters. The molecule has 0 spiro atoms. The molecule has 2 rings (SSSR count). The van der Waals surface area contributed by atoms with Crippen molar-refractivity contribution in [3.05, 3.63) is 28.9 Å². The van der Waals surface area contributed by atoms with E-state index in [-0.39, 0.29) is 0 Å². The van der Waals surface area contributed by atoms with Gasteiger partial charge in [-0.2, -0.15) is 13.2 Å². The Morgan fingerprint density at radius 1 is 1.19 bits per heavy atom. The standard InChI is InChI=1S/C13H15F3N4S/c1-2-6-17-7-5-11-19-20-12(21-11)10-4-3-9(8-18-10)13(14,15)16/h3-4,8,17H,2,5-7H2,1H3. The van der Waals surface area contributed by atoms with Gasteiger partial charge in [0.05, 0.1) is 5.56 Å². The lowest BCUT2D eigenvalue weighted by atomic mass is 10.2. The fourth-order valence-electron chi connectivity index (χ4n) is 1.64. The second-order valence-electron chi connectivity index (χ2n) is 4.43. The molecule has 0 aromatic carbocycles. The van der Waals surface area contributed by atoms with Crippen LogP contribution in [0.15, 0.2) is 18.3 Å². The summed E-state index contributed by atoms with van der Waals surface area (Å²) in [7, 11) is 0. The number of nitrogens with one attached hydrogen (secondary N) is 1. The average Bonchev–Trinajstić information content (AvgIpc) is 2.92. The molecule has 0 aliphatic heterocycles. The highest BCUT2D eigenvalue weighted by atomic mass is 32.1. The molecule has 0 bridgehead atoms. The molecule has 8 heteroatoms. The summed E-state index contributed by atoms with van der Waals surface area (Å²) in [5.74, 6) is 0. The monoisotopic (exact) mass is 316 g/mol. The number of pyridine rings is 1. The van der Waals surface area contributed by atoms with Crippen LogP contribution in [0.25, 0.3) is 10.7 Å². The Morgan fingerprint density at radius 3 is 2.62 bits per heavy atom. The number of aromatic nitrogens is 3. The van der Waals surface area contributed by atoms with Crippen LogP contribution in [-0.2, 0) is 12.6 Å². The van der Waals surface area contributed by atoms with Gasteiger partial charge in [-0.05, 0) is 25.1 Å². The first kappa shape index (κ1) is 15.8. The van der Waals surface area contributed by atoms with Crippen LogP contribution in [0.1, 0.15) is 23.9 Å². The van der Waals surface area contributed by atoms with Gasteiger partial charge in [-0.1, -0.05) is 18.3 Å². The van der Waals surface area contributed by atoms with Gasteiger partial charge < -0.3 is 5.32 Å². The fraction of sp³-hybridized carbons (Fsp3) is 0.462. The molecule has 0 fully saturated rings. The Morgan fingerprint density at radius 2 is 2.00 bits per heavy atom. The number of hydrogen-bond donors (Lipinski definition) is 1. The van der Waals surface area contributed by atoms with E-state index >= 15 is 0 Å². The van der Waals surface area contributed by atoms with Crippen LogP contribution in [0.4, 0.5) is 13.2 Å². The lowest BCUT2D eigenvalue weighted by Gasteiger charge is -2.05. The van der Waals surface area contributed by atoms with E-state index in [0.717, 1.165) is 43.2 Å². The number of alkyl halides is 3. The highest BCUT2D eigenvalue weighted by Gasteiger charge is 2.30.